The maximum Gasteiger partial charge on any atom is 0.343 e. The highest BCUT2D eigenvalue weighted by molar-refractivity contribution is 9.11. The first-order chi connectivity index (χ1) is 18.3. The number of nitrogens with zero attached hydrogens (tertiary/aromatic N) is 1. The van der Waals surface area contributed by atoms with Gasteiger partial charge in [0.1, 0.15) is 0 Å². The lowest BCUT2D eigenvalue weighted by molar-refractivity contribution is 0.0732. The Balaban J connectivity index is 1.45. The van der Waals surface area contributed by atoms with Crippen molar-refractivity contribution in [3.8, 4) is 5.75 Å². The molecule has 0 bridgehead atoms. The Labute approximate surface area is 243 Å². The van der Waals surface area contributed by atoms with Gasteiger partial charge in [-0.05, 0) is 82.7 Å². The molecule has 7 nitrogen and oxygen atoms in total. The Morgan fingerprint density at radius 3 is 2.16 bits per heavy atom. The minimum Gasteiger partial charge on any atom is -0.421 e. The number of benzene rings is 4. The predicted octanol–water partition coefficient (Wildman–Crippen LogP) is 7.21. The van der Waals surface area contributed by atoms with Crippen LogP contribution in [0.4, 0.5) is 5.69 Å². The number of esters is 1. The fraction of sp³-hybridized carbons (Fsp3) is 0. The molecule has 0 saturated heterocycles. The van der Waals surface area contributed by atoms with E-state index in [1.807, 2.05) is 0 Å². The second-order valence-electron chi connectivity index (χ2n) is 7.80. The topological polar surface area (TPSA) is 96.9 Å². The normalized spacial score (nSPS) is 10.7. The van der Waals surface area contributed by atoms with Crippen LogP contribution in [0.5, 0.6) is 5.75 Å². The first-order valence-electron chi connectivity index (χ1n) is 11.1. The van der Waals surface area contributed by atoms with Gasteiger partial charge in [0.05, 0.1) is 16.3 Å². The number of rotatable bonds is 7. The number of amides is 2. The van der Waals surface area contributed by atoms with Crippen LogP contribution in [0.3, 0.4) is 0 Å². The number of hydrazone groups is 1. The van der Waals surface area contributed by atoms with Crippen LogP contribution in [0.2, 0.25) is 0 Å². The first-order valence-corrected chi connectivity index (χ1v) is 13.4. The minimum absolute atomic E-state index is 0.248. The minimum atomic E-state index is -0.533. The molecule has 0 saturated carbocycles. The number of hydrogen-bond donors (Lipinski definition) is 2. The van der Waals surface area contributed by atoms with E-state index in [-0.39, 0.29) is 11.7 Å². The average Bonchev–Trinajstić information content (AvgIpc) is 2.91. The molecule has 0 aliphatic carbocycles. The summed E-state index contributed by atoms with van der Waals surface area (Å²) in [7, 11) is 0. The van der Waals surface area contributed by atoms with Crippen LogP contribution in [0, 0.1) is 0 Å². The van der Waals surface area contributed by atoms with Gasteiger partial charge in [-0.25, -0.2) is 10.2 Å². The summed E-state index contributed by atoms with van der Waals surface area (Å²) in [6.07, 6.45) is 1.38. The lowest BCUT2D eigenvalue weighted by Gasteiger charge is -2.10. The molecule has 10 heteroatoms. The van der Waals surface area contributed by atoms with Crippen molar-refractivity contribution in [2.75, 3.05) is 5.32 Å². The molecule has 38 heavy (non-hydrogen) atoms. The second-order valence-corrected chi connectivity index (χ2v) is 10.5. The molecule has 0 spiro atoms. The summed E-state index contributed by atoms with van der Waals surface area (Å²) in [4.78, 5) is 37.8. The SMILES string of the molecule is O=C(NN=Cc1cc(Br)cc(Br)c1OC(=O)c1ccccc1)c1cccc(NC(=O)c2ccc(Br)cc2)c1. The molecule has 4 rings (SSSR count). The molecule has 2 amide bonds. The molecule has 0 aliphatic rings. The van der Waals surface area contributed by atoms with Gasteiger partial charge in [0.15, 0.2) is 5.75 Å². The summed E-state index contributed by atoms with van der Waals surface area (Å²) in [5.74, 6) is -1.07. The van der Waals surface area contributed by atoms with Crippen LogP contribution in [-0.2, 0) is 0 Å². The molecular formula is C28H18Br3N3O4. The molecule has 0 heterocycles. The number of hydrogen-bond acceptors (Lipinski definition) is 5. The van der Waals surface area contributed by atoms with Gasteiger partial charge >= 0.3 is 5.97 Å². The molecule has 190 valence electrons. The van der Waals surface area contributed by atoms with Crippen molar-refractivity contribution in [1.82, 2.24) is 5.43 Å². The Morgan fingerprint density at radius 2 is 1.42 bits per heavy atom. The van der Waals surface area contributed by atoms with E-state index < -0.39 is 11.9 Å². The predicted molar refractivity (Wildman–Crippen MR) is 157 cm³/mol. The molecule has 0 radical (unpaired) electrons. The highest BCUT2D eigenvalue weighted by Gasteiger charge is 2.15. The molecule has 0 atom stereocenters. The van der Waals surface area contributed by atoms with Crippen LogP contribution in [0.1, 0.15) is 36.6 Å². The average molecular weight is 700 g/mol. The lowest BCUT2D eigenvalue weighted by atomic mass is 10.1. The van der Waals surface area contributed by atoms with Gasteiger partial charge in [0.25, 0.3) is 11.8 Å². The van der Waals surface area contributed by atoms with E-state index in [1.54, 1.807) is 91.0 Å². The van der Waals surface area contributed by atoms with E-state index in [4.69, 9.17) is 4.74 Å². The molecule has 0 fully saturated rings. The maximum absolute atomic E-state index is 12.7. The van der Waals surface area contributed by atoms with Gasteiger partial charge in [-0.2, -0.15) is 5.10 Å². The third kappa shape index (κ3) is 7.25. The second kappa shape index (κ2) is 12.8. The molecular weight excluding hydrogens is 682 g/mol. The Morgan fingerprint density at radius 1 is 0.711 bits per heavy atom. The van der Waals surface area contributed by atoms with Crippen molar-refractivity contribution in [2.24, 2.45) is 5.10 Å². The van der Waals surface area contributed by atoms with Crippen molar-refractivity contribution in [2.45, 2.75) is 0 Å². The monoisotopic (exact) mass is 697 g/mol. The summed E-state index contributed by atoms with van der Waals surface area (Å²) in [5.41, 5.74) is 4.54. The molecule has 0 aliphatic heterocycles. The number of ether oxygens (including phenoxy) is 1. The van der Waals surface area contributed by atoms with Crippen molar-refractivity contribution in [3.63, 3.8) is 0 Å². The number of halogens is 3. The van der Waals surface area contributed by atoms with Crippen LogP contribution in [0.15, 0.2) is 110 Å². The number of anilines is 1. The van der Waals surface area contributed by atoms with Gasteiger partial charge in [-0.1, -0.05) is 56.1 Å². The summed E-state index contributed by atoms with van der Waals surface area (Å²) in [6, 6.07) is 25.4. The first kappa shape index (κ1) is 27.4. The van der Waals surface area contributed by atoms with Gasteiger partial charge in [0.2, 0.25) is 0 Å². The molecule has 2 N–H and O–H groups in total. The van der Waals surface area contributed by atoms with Crippen LogP contribution in [-0.4, -0.2) is 24.0 Å². The summed E-state index contributed by atoms with van der Waals surface area (Å²) in [5, 5.41) is 6.81. The van der Waals surface area contributed by atoms with Crippen LogP contribution in [0.25, 0.3) is 0 Å². The zero-order valence-corrected chi connectivity index (χ0v) is 24.2. The maximum atomic E-state index is 12.7. The van der Waals surface area contributed by atoms with E-state index in [9.17, 15) is 14.4 Å². The van der Waals surface area contributed by atoms with Crippen LogP contribution < -0.4 is 15.5 Å². The third-order valence-corrected chi connectivity index (χ3v) is 6.68. The fourth-order valence-corrected chi connectivity index (χ4v) is 4.88. The highest BCUT2D eigenvalue weighted by atomic mass is 79.9. The Bertz CT molecular complexity index is 1520. The quantitative estimate of drug-likeness (QED) is 0.0923. The zero-order chi connectivity index (χ0) is 27.1. The standard InChI is InChI=1S/C28H18Br3N3O4/c29-21-11-9-17(10-12-21)26(35)33-23-8-4-7-19(14-23)27(36)34-32-16-20-13-22(30)15-24(31)25(20)38-28(37)18-5-2-1-3-6-18/h1-16H,(H,33,35)(H,34,36). The van der Waals surface area contributed by atoms with Crippen molar-refractivity contribution in [1.29, 1.82) is 0 Å². The summed E-state index contributed by atoms with van der Waals surface area (Å²) >= 11 is 10.2. The Hall–Kier alpha value is -3.60. The Kier molecular flexibility index (Phi) is 9.22. The molecule has 4 aromatic rings. The van der Waals surface area contributed by atoms with E-state index >= 15 is 0 Å². The van der Waals surface area contributed by atoms with Crippen molar-refractivity contribution in [3.05, 3.63) is 127 Å². The molecule has 0 unspecified atom stereocenters. The van der Waals surface area contributed by atoms with Gasteiger partial charge in [-0.15, -0.1) is 0 Å². The van der Waals surface area contributed by atoms with Crippen LogP contribution >= 0.6 is 47.8 Å². The number of carbonyl (C=O) groups excluding carboxylic acids is 3. The van der Waals surface area contributed by atoms with E-state index in [1.165, 1.54) is 6.21 Å². The highest BCUT2D eigenvalue weighted by Crippen LogP contribution is 2.32. The largest absolute Gasteiger partial charge is 0.421 e. The number of nitrogens with one attached hydrogen (secondary N) is 2. The fourth-order valence-electron chi connectivity index (χ4n) is 3.28. The van der Waals surface area contributed by atoms with E-state index in [0.29, 0.717) is 36.9 Å². The summed E-state index contributed by atoms with van der Waals surface area (Å²) in [6.45, 7) is 0. The smallest absolute Gasteiger partial charge is 0.343 e. The van der Waals surface area contributed by atoms with Crippen molar-refractivity contribution < 1.29 is 19.1 Å². The molecule has 0 aromatic heterocycles. The van der Waals surface area contributed by atoms with Gasteiger partial charge < -0.3 is 10.1 Å². The lowest BCUT2D eigenvalue weighted by Crippen LogP contribution is -2.18. The third-order valence-electron chi connectivity index (χ3n) is 5.10. The van der Waals surface area contributed by atoms with Gasteiger partial charge in [-0.3, -0.25) is 9.59 Å². The van der Waals surface area contributed by atoms with E-state index in [2.05, 4.69) is 63.6 Å². The number of carbonyl (C=O) groups is 3. The van der Waals surface area contributed by atoms with Gasteiger partial charge in [0, 0.05) is 31.3 Å². The molecule has 4 aromatic carbocycles. The van der Waals surface area contributed by atoms with E-state index in [0.717, 1.165) is 4.47 Å². The zero-order valence-electron chi connectivity index (χ0n) is 19.5. The summed E-state index contributed by atoms with van der Waals surface area (Å²) < 4.78 is 7.71. The van der Waals surface area contributed by atoms with Crippen molar-refractivity contribution >= 4 is 77.5 Å².